The van der Waals surface area contributed by atoms with Gasteiger partial charge in [-0.25, -0.2) is 0 Å². The highest BCUT2D eigenvalue weighted by molar-refractivity contribution is 6.31. The summed E-state index contributed by atoms with van der Waals surface area (Å²) in [4.78, 5) is 11.1. The van der Waals surface area contributed by atoms with Crippen LogP contribution >= 0.6 is 23.2 Å². The maximum atomic E-state index is 11.1. The van der Waals surface area contributed by atoms with E-state index < -0.39 is 0 Å². The van der Waals surface area contributed by atoms with Crippen molar-refractivity contribution in [3.63, 3.8) is 0 Å². The summed E-state index contributed by atoms with van der Waals surface area (Å²) >= 11 is 12.4. The molecule has 2 N–H and O–H groups in total. The minimum absolute atomic E-state index is 0.104. The SMILES string of the molecule is COc1cc(CNc2ccc(NC(C)=O)cc2)c(Cl)cc1OCc1ccc(Cl)cc1. The van der Waals surface area contributed by atoms with Crippen LogP contribution in [0.3, 0.4) is 0 Å². The van der Waals surface area contributed by atoms with Crippen LogP contribution in [-0.2, 0) is 17.9 Å². The maximum absolute atomic E-state index is 11.1. The first-order chi connectivity index (χ1) is 14.4. The molecule has 0 aliphatic rings. The van der Waals surface area contributed by atoms with Crippen LogP contribution in [0.2, 0.25) is 10.0 Å². The number of hydrogen-bond donors (Lipinski definition) is 2. The van der Waals surface area contributed by atoms with E-state index in [0.717, 1.165) is 22.5 Å². The Labute approximate surface area is 185 Å². The van der Waals surface area contributed by atoms with Crippen molar-refractivity contribution in [3.05, 3.63) is 81.8 Å². The molecule has 0 unspecified atom stereocenters. The summed E-state index contributed by atoms with van der Waals surface area (Å²) in [5.41, 5.74) is 3.52. The molecule has 156 valence electrons. The van der Waals surface area contributed by atoms with Gasteiger partial charge in [0, 0.05) is 41.0 Å². The van der Waals surface area contributed by atoms with Crippen molar-refractivity contribution >= 4 is 40.5 Å². The van der Waals surface area contributed by atoms with Crippen LogP contribution in [0.1, 0.15) is 18.1 Å². The molecule has 0 heterocycles. The fraction of sp³-hybridized carbons (Fsp3) is 0.174. The number of carbonyl (C=O) groups excluding carboxylic acids is 1. The Kier molecular flexibility index (Phi) is 7.44. The lowest BCUT2D eigenvalue weighted by atomic mass is 10.2. The molecule has 0 aliphatic heterocycles. The average molecular weight is 445 g/mol. The second-order valence-electron chi connectivity index (χ2n) is 6.62. The zero-order chi connectivity index (χ0) is 21.5. The Bertz CT molecular complexity index is 1010. The highest BCUT2D eigenvalue weighted by Crippen LogP contribution is 2.34. The van der Waals surface area contributed by atoms with Crippen molar-refractivity contribution in [2.45, 2.75) is 20.1 Å². The van der Waals surface area contributed by atoms with E-state index in [-0.39, 0.29) is 5.91 Å². The number of hydrogen-bond acceptors (Lipinski definition) is 4. The number of rotatable bonds is 8. The van der Waals surface area contributed by atoms with Gasteiger partial charge in [-0.05, 0) is 53.6 Å². The van der Waals surface area contributed by atoms with Gasteiger partial charge in [0.25, 0.3) is 0 Å². The van der Waals surface area contributed by atoms with Gasteiger partial charge in [-0.15, -0.1) is 0 Å². The van der Waals surface area contributed by atoms with Crippen LogP contribution < -0.4 is 20.1 Å². The van der Waals surface area contributed by atoms with E-state index >= 15 is 0 Å². The molecule has 0 saturated heterocycles. The minimum atomic E-state index is -0.104. The van der Waals surface area contributed by atoms with Gasteiger partial charge in [0.2, 0.25) is 5.91 Å². The topological polar surface area (TPSA) is 59.6 Å². The lowest BCUT2D eigenvalue weighted by molar-refractivity contribution is -0.114. The highest BCUT2D eigenvalue weighted by atomic mass is 35.5. The standard InChI is InChI=1S/C23H22Cl2N2O3/c1-15(28)27-20-9-7-19(8-10-20)26-13-17-11-22(29-2)23(12-21(17)25)30-14-16-3-5-18(24)6-4-16/h3-12,26H,13-14H2,1-2H3,(H,27,28). The first kappa shape index (κ1) is 21.8. The normalized spacial score (nSPS) is 10.4. The molecule has 0 spiro atoms. The molecule has 0 aromatic heterocycles. The number of anilines is 2. The third-order valence-electron chi connectivity index (χ3n) is 4.33. The van der Waals surface area contributed by atoms with Gasteiger partial charge in [0.1, 0.15) is 6.61 Å². The smallest absolute Gasteiger partial charge is 0.221 e. The minimum Gasteiger partial charge on any atom is -0.493 e. The highest BCUT2D eigenvalue weighted by Gasteiger charge is 2.11. The molecule has 3 rings (SSSR count). The van der Waals surface area contributed by atoms with Gasteiger partial charge in [0.05, 0.1) is 7.11 Å². The fourth-order valence-corrected chi connectivity index (χ4v) is 3.15. The molecule has 1 amide bonds. The number of halogens is 2. The molecular formula is C23H22Cl2N2O3. The van der Waals surface area contributed by atoms with E-state index in [9.17, 15) is 4.79 Å². The van der Waals surface area contributed by atoms with Crippen molar-refractivity contribution < 1.29 is 14.3 Å². The first-order valence-electron chi connectivity index (χ1n) is 9.30. The zero-order valence-electron chi connectivity index (χ0n) is 16.7. The van der Waals surface area contributed by atoms with Crippen molar-refractivity contribution in [3.8, 4) is 11.5 Å². The average Bonchev–Trinajstić information content (AvgIpc) is 2.73. The molecule has 3 aromatic carbocycles. The number of methoxy groups -OCH3 is 1. The van der Waals surface area contributed by atoms with Crippen LogP contribution in [0.15, 0.2) is 60.7 Å². The number of amides is 1. The Balaban J connectivity index is 1.65. The molecule has 0 saturated carbocycles. The number of carbonyl (C=O) groups is 1. The summed E-state index contributed by atoms with van der Waals surface area (Å²) in [5.74, 6) is 1.07. The predicted octanol–water partition coefficient (Wildman–Crippen LogP) is 6.15. The van der Waals surface area contributed by atoms with E-state index in [1.165, 1.54) is 6.92 Å². The summed E-state index contributed by atoms with van der Waals surface area (Å²) in [6.07, 6.45) is 0. The second-order valence-corrected chi connectivity index (χ2v) is 7.47. The van der Waals surface area contributed by atoms with Crippen LogP contribution in [0.5, 0.6) is 11.5 Å². The fourth-order valence-electron chi connectivity index (χ4n) is 2.80. The summed E-state index contributed by atoms with van der Waals surface area (Å²) in [6.45, 7) is 2.36. The maximum Gasteiger partial charge on any atom is 0.221 e. The van der Waals surface area contributed by atoms with Gasteiger partial charge in [-0.3, -0.25) is 4.79 Å². The summed E-state index contributed by atoms with van der Waals surface area (Å²) in [5, 5.41) is 7.30. The largest absolute Gasteiger partial charge is 0.493 e. The monoisotopic (exact) mass is 444 g/mol. The van der Waals surface area contributed by atoms with Crippen LogP contribution in [-0.4, -0.2) is 13.0 Å². The van der Waals surface area contributed by atoms with E-state index in [1.54, 1.807) is 13.2 Å². The summed E-state index contributed by atoms with van der Waals surface area (Å²) in [6, 6.07) is 18.5. The molecule has 30 heavy (non-hydrogen) atoms. The zero-order valence-corrected chi connectivity index (χ0v) is 18.2. The Morgan fingerprint density at radius 3 is 2.23 bits per heavy atom. The van der Waals surface area contributed by atoms with Gasteiger partial charge in [-0.1, -0.05) is 35.3 Å². The lowest BCUT2D eigenvalue weighted by Crippen LogP contribution is -2.06. The molecule has 0 fully saturated rings. The molecule has 0 radical (unpaired) electrons. The molecule has 0 bridgehead atoms. The molecule has 0 aliphatic carbocycles. The van der Waals surface area contributed by atoms with Gasteiger partial charge < -0.3 is 20.1 Å². The Hall–Kier alpha value is -2.89. The number of benzene rings is 3. The Morgan fingerprint density at radius 1 is 0.933 bits per heavy atom. The van der Waals surface area contributed by atoms with Crippen molar-refractivity contribution in [1.29, 1.82) is 0 Å². The van der Waals surface area contributed by atoms with Gasteiger partial charge in [0.15, 0.2) is 11.5 Å². The van der Waals surface area contributed by atoms with E-state index in [4.69, 9.17) is 32.7 Å². The molecule has 5 nitrogen and oxygen atoms in total. The second kappa shape index (κ2) is 10.2. The number of nitrogens with one attached hydrogen (secondary N) is 2. The van der Waals surface area contributed by atoms with Crippen LogP contribution in [0, 0.1) is 0 Å². The lowest BCUT2D eigenvalue weighted by Gasteiger charge is -2.15. The van der Waals surface area contributed by atoms with Crippen molar-refractivity contribution in [2.75, 3.05) is 17.7 Å². The van der Waals surface area contributed by atoms with Gasteiger partial charge >= 0.3 is 0 Å². The Morgan fingerprint density at radius 2 is 1.60 bits per heavy atom. The van der Waals surface area contributed by atoms with Crippen LogP contribution in [0.25, 0.3) is 0 Å². The van der Waals surface area contributed by atoms with Crippen molar-refractivity contribution in [1.82, 2.24) is 0 Å². The molecule has 0 atom stereocenters. The molecule has 7 heteroatoms. The third kappa shape index (κ3) is 6.05. The first-order valence-corrected chi connectivity index (χ1v) is 10.1. The molecule has 3 aromatic rings. The number of ether oxygens (including phenoxy) is 2. The molecular weight excluding hydrogens is 423 g/mol. The van der Waals surface area contributed by atoms with Gasteiger partial charge in [-0.2, -0.15) is 0 Å². The van der Waals surface area contributed by atoms with Crippen molar-refractivity contribution in [2.24, 2.45) is 0 Å². The quantitative estimate of drug-likeness (QED) is 0.437. The third-order valence-corrected chi connectivity index (χ3v) is 4.93. The summed E-state index contributed by atoms with van der Waals surface area (Å²) in [7, 11) is 1.59. The van der Waals surface area contributed by atoms with Crippen LogP contribution in [0.4, 0.5) is 11.4 Å². The van der Waals surface area contributed by atoms with E-state index in [0.29, 0.717) is 34.7 Å². The van der Waals surface area contributed by atoms with E-state index in [1.807, 2.05) is 54.6 Å². The predicted molar refractivity (Wildman–Crippen MR) is 122 cm³/mol. The van der Waals surface area contributed by atoms with E-state index in [2.05, 4.69) is 10.6 Å². The summed E-state index contributed by atoms with van der Waals surface area (Å²) < 4.78 is 11.4.